The number of anilines is 1. The SMILES string of the molecule is Cc1ccc2oc(-c3nc(N)nc(OC(C)C)n3)cc2c1. The van der Waals surface area contributed by atoms with Crippen molar-refractivity contribution >= 4 is 16.9 Å². The molecule has 108 valence electrons. The number of nitrogens with two attached hydrogens (primary N) is 1. The molecule has 0 aliphatic carbocycles. The van der Waals surface area contributed by atoms with Crippen molar-refractivity contribution in [3.05, 3.63) is 29.8 Å². The number of hydrogen-bond donors (Lipinski definition) is 1. The summed E-state index contributed by atoms with van der Waals surface area (Å²) in [5.41, 5.74) is 7.65. The third-order valence-corrected chi connectivity index (χ3v) is 2.87. The molecule has 0 atom stereocenters. The topological polar surface area (TPSA) is 87.1 Å². The van der Waals surface area contributed by atoms with Gasteiger partial charge in [0.25, 0.3) is 0 Å². The van der Waals surface area contributed by atoms with Crippen LogP contribution in [-0.4, -0.2) is 21.1 Å². The molecule has 0 bridgehead atoms. The number of nitrogens with zero attached hydrogens (tertiary/aromatic N) is 3. The van der Waals surface area contributed by atoms with Crippen molar-refractivity contribution in [1.29, 1.82) is 0 Å². The molecule has 0 radical (unpaired) electrons. The Bertz CT molecular complexity index is 795. The summed E-state index contributed by atoms with van der Waals surface area (Å²) < 4.78 is 11.2. The lowest BCUT2D eigenvalue weighted by Gasteiger charge is -2.08. The van der Waals surface area contributed by atoms with Gasteiger partial charge in [0.1, 0.15) is 5.58 Å². The van der Waals surface area contributed by atoms with Gasteiger partial charge in [-0.2, -0.15) is 15.0 Å². The fourth-order valence-electron chi connectivity index (χ4n) is 2.02. The molecule has 0 saturated carbocycles. The summed E-state index contributed by atoms with van der Waals surface area (Å²) >= 11 is 0. The van der Waals surface area contributed by atoms with E-state index in [-0.39, 0.29) is 18.1 Å². The Labute approximate surface area is 122 Å². The van der Waals surface area contributed by atoms with E-state index in [1.165, 1.54) is 0 Å². The molecule has 6 nitrogen and oxygen atoms in total. The second kappa shape index (κ2) is 5.05. The van der Waals surface area contributed by atoms with Gasteiger partial charge in [0.05, 0.1) is 6.10 Å². The van der Waals surface area contributed by atoms with E-state index < -0.39 is 0 Å². The highest BCUT2D eigenvalue weighted by atomic mass is 16.5. The third kappa shape index (κ3) is 2.79. The average Bonchev–Trinajstić information content (AvgIpc) is 2.80. The van der Waals surface area contributed by atoms with Crippen LogP contribution in [0.3, 0.4) is 0 Å². The number of hydrogen-bond acceptors (Lipinski definition) is 6. The number of rotatable bonds is 3. The van der Waals surface area contributed by atoms with Gasteiger partial charge in [0.15, 0.2) is 5.76 Å². The number of ether oxygens (including phenoxy) is 1. The number of aromatic nitrogens is 3. The molecule has 2 N–H and O–H groups in total. The zero-order chi connectivity index (χ0) is 15.0. The van der Waals surface area contributed by atoms with E-state index in [4.69, 9.17) is 14.9 Å². The van der Waals surface area contributed by atoms with Crippen LogP contribution in [0, 0.1) is 6.92 Å². The van der Waals surface area contributed by atoms with Crippen molar-refractivity contribution < 1.29 is 9.15 Å². The highest BCUT2D eigenvalue weighted by molar-refractivity contribution is 5.82. The molecule has 1 aromatic carbocycles. The second-order valence-corrected chi connectivity index (χ2v) is 5.12. The highest BCUT2D eigenvalue weighted by Crippen LogP contribution is 2.27. The lowest BCUT2D eigenvalue weighted by molar-refractivity contribution is 0.222. The minimum absolute atomic E-state index is 0.0435. The van der Waals surface area contributed by atoms with Crippen molar-refractivity contribution in [2.45, 2.75) is 26.9 Å². The number of fused-ring (bicyclic) bond motifs is 1. The van der Waals surface area contributed by atoms with Crippen molar-refractivity contribution in [3.8, 4) is 17.6 Å². The Balaban J connectivity index is 2.06. The highest BCUT2D eigenvalue weighted by Gasteiger charge is 2.13. The smallest absolute Gasteiger partial charge is 0.322 e. The van der Waals surface area contributed by atoms with E-state index >= 15 is 0 Å². The lowest BCUT2D eigenvalue weighted by atomic mass is 10.2. The first kappa shape index (κ1) is 13.4. The van der Waals surface area contributed by atoms with Crippen LogP contribution in [0.1, 0.15) is 19.4 Å². The van der Waals surface area contributed by atoms with Crippen LogP contribution in [0.2, 0.25) is 0 Å². The number of furan rings is 1. The van der Waals surface area contributed by atoms with Gasteiger partial charge in [-0.25, -0.2) is 0 Å². The van der Waals surface area contributed by atoms with E-state index in [9.17, 15) is 0 Å². The maximum absolute atomic E-state index is 5.76. The fourth-order valence-corrected chi connectivity index (χ4v) is 2.02. The molecule has 0 unspecified atom stereocenters. The van der Waals surface area contributed by atoms with Crippen molar-refractivity contribution in [2.24, 2.45) is 0 Å². The molecular weight excluding hydrogens is 268 g/mol. The first-order valence-electron chi connectivity index (χ1n) is 6.70. The summed E-state index contributed by atoms with van der Waals surface area (Å²) in [6.45, 7) is 5.81. The Hall–Kier alpha value is -2.63. The zero-order valence-electron chi connectivity index (χ0n) is 12.1. The summed E-state index contributed by atoms with van der Waals surface area (Å²) in [5, 5.41) is 0.996. The standard InChI is InChI=1S/C15H16N4O2/c1-8(2)20-15-18-13(17-14(16)19-15)12-7-10-6-9(3)4-5-11(10)21-12/h4-8H,1-3H3,(H2,16,17,18,19). The van der Waals surface area contributed by atoms with E-state index in [0.717, 1.165) is 16.5 Å². The zero-order valence-corrected chi connectivity index (χ0v) is 12.1. The van der Waals surface area contributed by atoms with E-state index in [1.807, 2.05) is 45.0 Å². The van der Waals surface area contributed by atoms with E-state index in [2.05, 4.69) is 15.0 Å². The predicted octanol–water partition coefficient (Wildman–Crippen LogP) is 2.96. The minimum Gasteiger partial charge on any atom is -0.461 e. The van der Waals surface area contributed by atoms with Gasteiger partial charge in [0, 0.05) is 5.39 Å². The molecule has 3 rings (SSSR count). The van der Waals surface area contributed by atoms with Gasteiger partial charge in [-0.15, -0.1) is 0 Å². The van der Waals surface area contributed by atoms with Crippen LogP contribution in [-0.2, 0) is 0 Å². The van der Waals surface area contributed by atoms with Crippen molar-refractivity contribution in [1.82, 2.24) is 15.0 Å². The Morgan fingerprint density at radius 3 is 2.71 bits per heavy atom. The van der Waals surface area contributed by atoms with Crippen molar-refractivity contribution in [3.63, 3.8) is 0 Å². The largest absolute Gasteiger partial charge is 0.461 e. The van der Waals surface area contributed by atoms with Gasteiger partial charge in [-0.05, 0) is 39.0 Å². The number of nitrogen functional groups attached to an aromatic ring is 1. The summed E-state index contributed by atoms with van der Waals surface area (Å²) in [7, 11) is 0. The van der Waals surface area contributed by atoms with Crippen LogP contribution in [0.4, 0.5) is 5.95 Å². The van der Waals surface area contributed by atoms with Crippen LogP contribution in [0.15, 0.2) is 28.7 Å². The molecule has 0 fully saturated rings. The maximum Gasteiger partial charge on any atom is 0.322 e. The summed E-state index contributed by atoms with van der Waals surface area (Å²) in [5.74, 6) is 1.01. The Morgan fingerprint density at radius 2 is 1.95 bits per heavy atom. The van der Waals surface area contributed by atoms with Crippen LogP contribution < -0.4 is 10.5 Å². The first-order chi connectivity index (χ1) is 10.0. The quantitative estimate of drug-likeness (QED) is 0.795. The second-order valence-electron chi connectivity index (χ2n) is 5.12. The molecule has 2 aromatic heterocycles. The Kier molecular flexibility index (Phi) is 3.21. The summed E-state index contributed by atoms with van der Waals surface area (Å²) in [4.78, 5) is 12.3. The minimum atomic E-state index is -0.0435. The van der Waals surface area contributed by atoms with Gasteiger partial charge in [0.2, 0.25) is 11.8 Å². The molecule has 3 aromatic rings. The molecule has 0 saturated heterocycles. The van der Waals surface area contributed by atoms with Gasteiger partial charge < -0.3 is 14.9 Å². The normalized spacial score (nSPS) is 11.2. The van der Waals surface area contributed by atoms with E-state index in [0.29, 0.717) is 11.6 Å². The molecule has 21 heavy (non-hydrogen) atoms. The van der Waals surface area contributed by atoms with Crippen LogP contribution >= 0.6 is 0 Å². The molecule has 0 amide bonds. The predicted molar refractivity (Wildman–Crippen MR) is 79.9 cm³/mol. The van der Waals surface area contributed by atoms with Crippen molar-refractivity contribution in [2.75, 3.05) is 5.73 Å². The molecule has 2 heterocycles. The van der Waals surface area contributed by atoms with Crippen LogP contribution in [0.5, 0.6) is 6.01 Å². The third-order valence-electron chi connectivity index (χ3n) is 2.87. The summed E-state index contributed by atoms with van der Waals surface area (Å²) in [6, 6.07) is 8.04. The fraction of sp³-hybridized carbons (Fsp3) is 0.267. The Morgan fingerprint density at radius 1 is 1.14 bits per heavy atom. The molecule has 6 heteroatoms. The first-order valence-corrected chi connectivity index (χ1v) is 6.70. The molecule has 0 aliphatic heterocycles. The average molecular weight is 284 g/mol. The molecule has 0 aliphatic rings. The number of benzene rings is 1. The van der Waals surface area contributed by atoms with Crippen LogP contribution in [0.25, 0.3) is 22.6 Å². The lowest BCUT2D eigenvalue weighted by Crippen LogP contribution is -2.10. The number of aryl methyl sites for hydroxylation is 1. The van der Waals surface area contributed by atoms with E-state index in [1.54, 1.807) is 0 Å². The monoisotopic (exact) mass is 284 g/mol. The molecular formula is C15H16N4O2. The van der Waals surface area contributed by atoms with Gasteiger partial charge >= 0.3 is 6.01 Å². The van der Waals surface area contributed by atoms with Gasteiger partial charge in [-0.3, -0.25) is 0 Å². The summed E-state index contributed by atoms with van der Waals surface area (Å²) in [6.07, 6.45) is -0.0435. The van der Waals surface area contributed by atoms with Gasteiger partial charge in [-0.1, -0.05) is 11.6 Å². The molecule has 0 spiro atoms. The maximum atomic E-state index is 5.76.